The van der Waals surface area contributed by atoms with Gasteiger partial charge in [0.05, 0.1) is 12.2 Å². The van der Waals surface area contributed by atoms with Crippen molar-refractivity contribution in [1.82, 2.24) is 14.9 Å². The Morgan fingerprint density at radius 3 is 3.07 bits per heavy atom. The van der Waals surface area contributed by atoms with E-state index >= 15 is 0 Å². The predicted octanol–water partition coefficient (Wildman–Crippen LogP) is 0.456. The molecule has 3 rings (SSSR count). The standard InChI is InChI=1S/C11H16N4/c12-5-11-13-6-8-3-4-15(9-1-2-9)7-10(8)14-11/h6,9H,1-5,7,12H2. The fourth-order valence-electron chi connectivity index (χ4n) is 2.21. The number of fused-ring (bicyclic) bond motifs is 1. The van der Waals surface area contributed by atoms with E-state index in [1.807, 2.05) is 6.20 Å². The van der Waals surface area contributed by atoms with E-state index in [1.54, 1.807) is 0 Å². The maximum absolute atomic E-state index is 5.55. The molecule has 1 aromatic heterocycles. The third-order valence-corrected chi connectivity index (χ3v) is 3.27. The molecule has 1 aliphatic carbocycles. The predicted molar refractivity (Wildman–Crippen MR) is 57.1 cm³/mol. The van der Waals surface area contributed by atoms with Gasteiger partial charge in [-0.1, -0.05) is 0 Å². The zero-order valence-corrected chi connectivity index (χ0v) is 8.82. The largest absolute Gasteiger partial charge is 0.324 e. The second-order valence-corrected chi connectivity index (χ2v) is 4.41. The van der Waals surface area contributed by atoms with Crippen molar-refractivity contribution in [3.05, 3.63) is 23.3 Å². The van der Waals surface area contributed by atoms with E-state index in [-0.39, 0.29) is 0 Å². The van der Waals surface area contributed by atoms with Gasteiger partial charge in [-0.05, 0) is 24.8 Å². The van der Waals surface area contributed by atoms with Gasteiger partial charge in [0, 0.05) is 25.3 Å². The molecule has 0 aromatic carbocycles. The molecule has 80 valence electrons. The van der Waals surface area contributed by atoms with Gasteiger partial charge < -0.3 is 5.73 Å². The molecular formula is C11H16N4. The summed E-state index contributed by atoms with van der Waals surface area (Å²) >= 11 is 0. The Balaban J connectivity index is 1.85. The van der Waals surface area contributed by atoms with Crippen LogP contribution in [0.3, 0.4) is 0 Å². The number of hydrogen-bond acceptors (Lipinski definition) is 4. The average Bonchev–Trinajstić information content (AvgIpc) is 3.11. The van der Waals surface area contributed by atoms with E-state index in [1.165, 1.54) is 30.6 Å². The van der Waals surface area contributed by atoms with Crippen LogP contribution >= 0.6 is 0 Å². The molecule has 0 amide bonds. The summed E-state index contributed by atoms with van der Waals surface area (Å²) in [5, 5.41) is 0. The van der Waals surface area contributed by atoms with Crippen molar-refractivity contribution < 1.29 is 0 Å². The fraction of sp³-hybridized carbons (Fsp3) is 0.636. The van der Waals surface area contributed by atoms with Gasteiger partial charge in [-0.3, -0.25) is 4.90 Å². The maximum Gasteiger partial charge on any atom is 0.142 e. The van der Waals surface area contributed by atoms with E-state index in [4.69, 9.17) is 5.73 Å². The first-order valence-electron chi connectivity index (χ1n) is 5.64. The molecule has 4 heteroatoms. The topological polar surface area (TPSA) is 55.0 Å². The Morgan fingerprint density at radius 1 is 1.47 bits per heavy atom. The first kappa shape index (κ1) is 9.24. The summed E-state index contributed by atoms with van der Waals surface area (Å²) in [6, 6.07) is 0.828. The zero-order chi connectivity index (χ0) is 10.3. The van der Waals surface area contributed by atoms with Crippen LogP contribution < -0.4 is 5.73 Å². The van der Waals surface area contributed by atoms with Crippen LogP contribution in [0.1, 0.15) is 29.9 Å². The van der Waals surface area contributed by atoms with Gasteiger partial charge in [-0.15, -0.1) is 0 Å². The van der Waals surface area contributed by atoms with Gasteiger partial charge in [-0.2, -0.15) is 0 Å². The normalized spacial score (nSPS) is 21.4. The molecule has 4 nitrogen and oxygen atoms in total. The number of rotatable bonds is 2. The van der Waals surface area contributed by atoms with Crippen molar-refractivity contribution in [2.75, 3.05) is 6.54 Å². The van der Waals surface area contributed by atoms with E-state index in [0.717, 1.165) is 24.8 Å². The van der Waals surface area contributed by atoms with Crippen LogP contribution in [0.4, 0.5) is 0 Å². The van der Waals surface area contributed by atoms with Crippen LogP contribution in [0.25, 0.3) is 0 Å². The SMILES string of the molecule is NCc1ncc2c(n1)CN(C1CC1)CC2. The Kier molecular flexibility index (Phi) is 2.18. The molecule has 1 fully saturated rings. The van der Waals surface area contributed by atoms with E-state index in [2.05, 4.69) is 14.9 Å². The number of nitrogens with zero attached hydrogens (tertiary/aromatic N) is 3. The van der Waals surface area contributed by atoms with Crippen LogP contribution in [0.2, 0.25) is 0 Å². The molecule has 0 saturated heterocycles. The lowest BCUT2D eigenvalue weighted by atomic mass is 10.1. The molecule has 0 unspecified atom stereocenters. The highest BCUT2D eigenvalue weighted by atomic mass is 15.2. The second-order valence-electron chi connectivity index (χ2n) is 4.41. The van der Waals surface area contributed by atoms with Gasteiger partial charge in [0.25, 0.3) is 0 Å². The monoisotopic (exact) mass is 204 g/mol. The van der Waals surface area contributed by atoms with Crippen LogP contribution in [0.5, 0.6) is 0 Å². The maximum atomic E-state index is 5.55. The number of hydrogen-bond donors (Lipinski definition) is 1. The number of aromatic nitrogens is 2. The lowest BCUT2D eigenvalue weighted by Gasteiger charge is -2.27. The minimum atomic E-state index is 0.441. The highest BCUT2D eigenvalue weighted by molar-refractivity contribution is 5.21. The van der Waals surface area contributed by atoms with Crippen molar-refractivity contribution in [3.63, 3.8) is 0 Å². The smallest absolute Gasteiger partial charge is 0.142 e. The summed E-state index contributed by atoms with van der Waals surface area (Å²) in [5.74, 6) is 0.770. The molecule has 0 radical (unpaired) electrons. The molecule has 1 aromatic rings. The highest BCUT2D eigenvalue weighted by Gasteiger charge is 2.31. The molecule has 15 heavy (non-hydrogen) atoms. The minimum absolute atomic E-state index is 0.441. The van der Waals surface area contributed by atoms with Crippen molar-refractivity contribution in [2.24, 2.45) is 5.73 Å². The Labute approximate surface area is 89.5 Å². The number of nitrogens with two attached hydrogens (primary N) is 1. The van der Waals surface area contributed by atoms with Crippen molar-refractivity contribution in [1.29, 1.82) is 0 Å². The zero-order valence-electron chi connectivity index (χ0n) is 8.82. The van der Waals surface area contributed by atoms with Crippen LogP contribution in [0, 0.1) is 0 Å². The van der Waals surface area contributed by atoms with Crippen LogP contribution in [-0.4, -0.2) is 27.5 Å². The average molecular weight is 204 g/mol. The van der Waals surface area contributed by atoms with Gasteiger partial charge in [0.2, 0.25) is 0 Å². The molecular weight excluding hydrogens is 188 g/mol. The Bertz CT molecular complexity index is 373. The third-order valence-electron chi connectivity index (χ3n) is 3.27. The summed E-state index contributed by atoms with van der Waals surface area (Å²) in [5.41, 5.74) is 8.06. The molecule has 1 saturated carbocycles. The van der Waals surface area contributed by atoms with Gasteiger partial charge in [-0.25, -0.2) is 9.97 Å². The molecule has 2 heterocycles. The first-order chi connectivity index (χ1) is 7.36. The fourth-order valence-corrected chi connectivity index (χ4v) is 2.21. The lowest BCUT2D eigenvalue weighted by molar-refractivity contribution is 0.239. The molecule has 2 aliphatic rings. The first-order valence-corrected chi connectivity index (χ1v) is 5.64. The van der Waals surface area contributed by atoms with Crippen molar-refractivity contribution in [2.45, 2.75) is 38.4 Å². The summed E-state index contributed by atoms with van der Waals surface area (Å²) in [4.78, 5) is 11.3. The minimum Gasteiger partial charge on any atom is -0.324 e. The third kappa shape index (κ3) is 1.75. The molecule has 0 spiro atoms. The summed E-state index contributed by atoms with van der Waals surface area (Å²) in [6.45, 7) is 2.61. The van der Waals surface area contributed by atoms with E-state index in [0.29, 0.717) is 6.54 Å². The van der Waals surface area contributed by atoms with Crippen LogP contribution in [-0.2, 0) is 19.5 Å². The quantitative estimate of drug-likeness (QED) is 0.760. The van der Waals surface area contributed by atoms with Gasteiger partial charge in [0.1, 0.15) is 5.82 Å². The molecule has 0 bridgehead atoms. The lowest BCUT2D eigenvalue weighted by Crippen LogP contribution is -2.33. The summed E-state index contributed by atoms with van der Waals surface area (Å²) in [7, 11) is 0. The summed E-state index contributed by atoms with van der Waals surface area (Å²) < 4.78 is 0. The Morgan fingerprint density at radius 2 is 2.33 bits per heavy atom. The van der Waals surface area contributed by atoms with E-state index in [9.17, 15) is 0 Å². The van der Waals surface area contributed by atoms with E-state index < -0.39 is 0 Å². The van der Waals surface area contributed by atoms with Gasteiger partial charge in [0.15, 0.2) is 0 Å². The highest BCUT2D eigenvalue weighted by Crippen LogP contribution is 2.30. The second kappa shape index (κ2) is 3.54. The Hall–Kier alpha value is -1.00. The molecule has 1 aliphatic heterocycles. The van der Waals surface area contributed by atoms with Crippen LogP contribution in [0.15, 0.2) is 6.20 Å². The van der Waals surface area contributed by atoms with Gasteiger partial charge >= 0.3 is 0 Å². The summed E-state index contributed by atoms with van der Waals surface area (Å²) in [6.07, 6.45) is 5.78. The molecule has 2 N–H and O–H groups in total. The van der Waals surface area contributed by atoms with Crippen molar-refractivity contribution in [3.8, 4) is 0 Å². The van der Waals surface area contributed by atoms with Crippen molar-refractivity contribution >= 4 is 0 Å². The molecule has 0 atom stereocenters.